The third kappa shape index (κ3) is 5.13. The Bertz CT molecular complexity index is 945. The number of hydrogen-bond donors (Lipinski definition) is 2. The molecule has 0 unspecified atom stereocenters. The van der Waals surface area contributed by atoms with Gasteiger partial charge in [0.2, 0.25) is 0 Å². The van der Waals surface area contributed by atoms with E-state index in [-0.39, 0.29) is 5.91 Å². The summed E-state index contributed by atoms with van der Waals surface area (Å²) in [5.74, 6) is 0.747. The standard InChI is InChI=1S/C23H23ClN4O/c24-19-9-6-17(7-10-19)14-25-21-12-13-28(16-21)22-11-8-18(15-26-22)23(29)27-20-4-2-1-3-5-20/h1-11,15,21,25H,12-14,16H2,(H,27,29)/t21-/m0/s1. The van der Waals surface area contributed by atoms with Crippen molar-refractivity contribution in [3.63, 3.8) is 0 Å². The summed E-state index contributed by atoms with van der Waals surface area (Å²) in [6.07, 6.45) is 2.70. The monoisotopic (exact) mass is 406 g/mol. The Morgan fingerprint density at radius 1 is 1.07 bits per heavy atom. The summed E-state index contributed by atoms with van der Waals surface area (Å²) in [5, 5.41) is 7.23. The average molecular weight is 407 g/mol. The van der Waals surface area contributed by atoms with Crippen LogP contribution in [-0.4, -0.2) is 30.0 Å². The highest BCUT2D eigenvalue weighted by atomic mass is 35.5. The van der Waals surface area contributed by atoms with Crippen molar-refractivity contribution in [2.24, 2.45) is 0 Å². The number of aromatic nitrogens is 1. The van der Waals surface area contributed by atoms with Crippen molar-refractivity contribution in [1.82, 2.24) is 10.3 Å². The number of carbonyl (C=O) groups excluding carboxylic acids is 1. The zero-order chi connectivity index (χ0) is 20.1. The van der Waals surface area contributed by atoms with Crippen molar-refractivity contribution in [3.05, 3.63) is 89.1 Å². The molecule has 4 rings (SSSR count). The van der Waals surface area contributed by atoms with E-state index in [2.05, 4.69) is 20.5 Å². The molecule has 6 heteroatoms. The SMILES string of the molecule is O=C(Nc1ccccc1)c1ccc(N2CC[C@H](NCc3ccc(Cl)cc3)C2)nc1. The predicted octanol–water partition coefficient (Wildman–Crippen LogP) is 4.36. The van der Waals surface area contributed by atoms with Gasteiger partial charge in [0.1, 0.15) is 5.82 Å². The number of benzene rings is 2. The van der Waals surface area contributed by atoms with Crippen molar-refractivity contribution >= 4 is 29.0 Å². The molecule has 3 aromatic rings. The molecule has 0 spiro atoms. The van der Waals surface area contributed by atoms with E-state index in [1.165, 1.54) is 5.56 Å². The molecule has 1 aliphatic heterocycles. The van der Waals surface area contributed by atoms with E-state index in [4.69, 9.17) is 11.6 Å². The van der Waals surface area contributed by atoms with E-state index < -0.39 is 0 Å². The van der Waals surface area contributed by atoms with Crippen molar-refractivity contribution in [1.29, 1.82) is 0 Å². The van der Waals surface area contributed by atoms with Crippen molar-refractivity contribution in [2.75, 3.05) is 23.3 Å². The van der Waals surface area contributed by atoms with Crippen LogP contribution in [0.25, 0.3) is 0 Å². The Morgan fingerprint density at radius 2 is 1.86 bits per heavy atom. The summed E-state index contributed by atoms with van der Waals surface area (Å²) in [6, 6.07) is 21.5. The molecule has 1 aromatic heterocycles. The summed E-state index contributed by atoms with van der Waals surface area (Å²) in [4.78, 5) is 19.1. The highest BCUT2D eigenvalue weighted by Gasteiger charge is 2.23. The first kappa shape index (κ1) is 19.4. The molecule has 0 saturated carbocycles. The minimum Gasteiger partial charge on any atom is -0.355 e. The molecular formula is C23H23ClN4O. The smallest absolute Gasteiger partial charge is 0.257 e. The Morgan fingerprint density at radius 3 is 2.59 bits per heavy atom. The maximum absolute atomic E-state index is 12.4. The first-order chi connectivity index (χ1) is 14.2. The fourth-order valence-corrected chi connectivity index (χ4v) is 3.56. The largest absolute Gasteiger partial charge is 0.355 e. The zero-order valence-corrected chi connectivity index (χ0v) is 16.8. The summed E-state index contributed by atoms with van der Waals surface area (Å²) in [6.45, 7) is 2.67. The quantitative estimate of drug-likeness (QED) is 0.638. The second-order valence-corrected chi connectivity index (χ2v) is 7.60. The number of anilines is 2. The van der Waals surface area contributed by atoms with Crippen LogP contribution in [0.15, 0.2) is 72.9 Å². The number of amides is 1. The highest BCUT2D eigenvalue weighted by molar-refractivity contribution is 6.30. The lowest BCUT2D eigenvalue weighted by Crippen LogP contribution is -2.32. The first-order valence-corrected chi connectivity index (χ1v) is 10.1. The van der Waals surface area contributed by atoms with Crippen molar-refractivity contribution in [3.8, 4) is 0 Å². The molecule has 0 aliphatic carbocycles. The normalized spacial score (nSPS) is 16.0. The summed E-state index contributed by atoms with van der Waals surface area (Å²) < 4.78 is 0. The van der Waals surface area contributed by atoms with E-state index >= 15 is 0 Å². The van der Waals surface area contributed by atoms with Gasteiger partial charge in [0.25, 0.3) is 5.91 Å². The van der Waals surface area contributed by atoms with Gasteiger partial charge in [-0.25, -0.2) is 4.98 Å². The lowest BCUT2D eigenvalue weighted by Gasteiger charge is -2.18. The number of halogens is 1. The third-order valence-electron chi connectivity index (χ3n) is 5.06. The van der Waals surface area contributed by atoms with Gasteiger partial charge in [0.15, 0.2) is 0 Å². The predicted molar refractivity (Wildman–Crippen MR) is 118 cm³/mol. The fourth-order valence-electron chi connectivity index (χ4n) is 3.43. The van der Waals surface area contributed by atoms with Crippen LogP contribution in [0.1, 0.15) is 22.3 Å². The molecule has 0 bridgehead atoms. The van der Waals surface area contributed by atoms with Crippen LogP contribution in [-0.2, 0) is 6.54 Å². The van der Waals surface area contributed by atoms with Gasteiger partial charge < -0.3 is 15.5 Å². The van der Waals surface area contributed by atoms with E-state index in [1.807, 2.05) is 66.7 Å². The minimum atomic E-state index is -0.154. The summed E-state index contributed by atoms with van der Waals surface area (Å²) in [7, 11) is 0. The molecule has 148 valence electrons. The third-order valence-corrected chi connectivity index (χ3v) is 5.31. The lowest BCUT2D eigenvalue weighted by molar-refractivity contribution is 0.102. The Labute approximate surface area is 175 Å². The number of nitrogens with zero attached hydrogens (tertiary/aromatic N) is 2. The topological polar surface area (TPSA) is 57.3 Å². The van der Waals surface area contributed by atoms with Crippen LogP contribution < -0.4 is 15.5 Å². The van der Waals surface area contributed by atoms with Crippen molar-refractivity contribution in [2.45, 2.75) is 19.0 Å². The minimum absolute atomic E-state index is 0.154. The molecule has 1 atom stereocenters. The molecule has 2 aromatic carbocycles. The number of hydrogen-bond acceptors (Lipinski definition) is 4. The Hall–Kier alpha value is -2.89. The zero-order valence-electron chi connectivity index (χ0n) is 16.0. The number of para-hydroxylation sites is 1. The van der Waals surface area contributed by atoms with Gasteiger partial charge >= 0.3 is 0 Å². The van der Waals surface area contributed by atoms with Gasteiger partial charge in [-0.05, 0) is 48.4 Å². The Kier molecular flexibility index (Phi) is 6.08. The number of pyridine rings is 1. The molecule has 0 radical (unpaired) electrons. The van der Waals surface area contributed by atoms with E-state index in [1.54, 1.807) is 6.20 Å². The highest BCUT2D eigenvalue weighted by Crippen LogP contribution is 2.19. The van der Waals surface area contributed by atoms with Gasteiger partial charge in [0.05, 0.1) is 5.56 Å². The molecule has 1 aliphatic rings. The van der Waals surface area contributed by atoms with E-state index in [0.717, 1.165) is 42.6 Å². The number of rotatable bonds is 6. The molecule has 1 amide bonds. The van der Waals surface area contributed by atoms with Gasteiger partial charge in [0, 0.05) is 42.6 Å². The van der Waals surface area contributed by atoms with Crippen LogP contribution in [0.5, 0.6) is 0 Å². The van der Waals surface area contributed by atoms with E-state index in [9.17, 15) is 4.79 Å². The maximum Gasteiger partial charge on any atom is 0.257 e. The van der Waals surface area contributed by atoms with E-state index in [0.29, 0.717) is 11.6 Å². The molecule has 1 saturated heterocycles. The molecule has 2 heterocycles. The molecule has 2 N–H and O–H groups in total. The first-order valence-electron chi connectivity index (χ1n) is 9.72. The maximum atomic E-state index is 12.4. The molecule has 1 fully saturated rings. The molecule has 29 heavy (non-hydrogen) atoms. The van der Waals surface area contributed by atoms with Crippen molar-refractivity contribution < 1.29 is 4.79 Å². The van der Waals surface area contributed by atoms with Gasteiger partial charge in [-0.2, -0.15) is 0 Å². The summed E-state index contributed by atoms with van der Waals surface area (Å²) in [5.41, 5.74) is 2.55. The second kappa shape index (κ2) is 9.07. The van der Waals surface area contributed by atoms with Crippen LogP contribution in [0.4, 0.5) is 11.5 Å². The van der Waals surface area contributed by atoms with Crippen LogP contribution in [0.2, 0.25) is 5.02 Å². The molecule has 5 nitrogen and oxygen atoms in total. The lowest BCUT2D eigenvalue weighted by atomic mass is 10.2. The number of carbonyl (C=O) groups is 1. The number of nitrogens with one attached hydrogen (secondary N) is 2. The second-order valence-electron chi connectivity index (χ2n) is 7.16. The van der Waals surface area contributed by atoms with Crippen LogP contribution in [0.3, 0.4) is 0 Å². The van der Waals surface area contributed by atoms with Gasteiger partial charge in [-0.3, -0.25) is 4.79 Å². The average Bonchev–Trinajstić information content (AvgIpc) is 3.23. The van der Waals surface area contributed by atoms with Crippen LogP contribution >= 0.6 is 11.6 Å². The Balaban J connectivity index is 1.30. The van der Waals surface area contributed by atoms with Gasteiger partial charge in [-0.1, -0.05) is 41.9 Å². The molecular weight excluding hydrogens is 384 g/mol. The van der Waals surface area contributed by atoms with Crippen LogP contribution in [0, 0.1) is 0 Å². The summed E-state index contributed by atoms with van der Waals surface area (Å²) >= 11 is 5.94. The fraction of sp³-hybridized carbons (Fsp3) is 0.217. The van der Waals surface area contributed by atoms with Gasteiger partial charge in [-0.15, -0.1) is 0 Å².